The van der Waals surface area contributed by atoms with Crippen molar-refractivity contribution < 1.29 is 5.11 Å². The Morgan fingerprint density at radius 2 is 1.25 bits per heavy atom. The molecule has 0 aliphatic carbocycles. The highest BCUT2D eigenvalue weighted by atomic mass is 16.3. The summed E-state index contributed by atoms with van der Waals surface area (Å²) in [4.78, 5) is 14.7. The topological polar surface area (TPSA) is 63.3 Å². The summed E-state index contributed by atoms with van der Waals surface area (Å²) in [5, 5.41) is 16.1. The fourth-order valence-electron chi connectivity index (χ4n) is 7.08. The molecule has 230 valence electrons. The number of aromatic nitrogens is 4. The molecule has 0 amide bonds. The molecule has 4 aromatic heterocycles. The van der Waals surface area contributed by atoms with Gasteiger partial charge in [0.25, 0.3) is 0 Å². The number of phenols is 1. The first-order valence-electron chi connectivity index (χ1n) is 16.3. The number of nitrogens with zero attached hydrogens (tertiary/aromatic N) is 4. The van der Waals surface area contributed by atoms with Gasteiger partial charge < -0.3 is 9.51 Å². The molecule has 9 rings (SSSR count). The predicted molar refractivity (Wildman–Crippen MR) is 197 cm³/mol. The Hall–Kier alpha value is -6.07. The van der Waals surface area contributed by atoms with E-state index in [4.69, 9.17) is 15.0 Å². The Bertz CT molecular complexity index is 2670. The highest BCUT2D eigenvalue weighted by Crippen LogP contribution is 2.47. The van der Waals surface area contributed by atoms with Gasteiger partial charge in [-0.3, -0.25) is 4.98 Å². The van der Waals surface area contributed by atoms with E-state index in [1.165, 1.54) is 0 Å². The van der Waals surface area contributed by atoms with Crippen molar-refractivity contribution in [1.29, 1.82) is 0 Å². The van der Waals surface area contributed by atoms with E-state index in [0.29, 0.717) is 17.1 Å². The van der Waals surface area contributed by atoms with E-state index < -0.39 is 0 Å². The minimum atomic E-state index is -0.117. The van der Waals surface area contributed by atoms with E-state index in [9.17, 15) is 5.11 Å². The summed E-state index contributed by atoms with van der Waals surface area (Å²) in [6.07, 6.45) is 3.66. The first-order valence-corrected chi connectivity index (χ1v) is 16.3. The van der Waals surface area contributed by atoms with Crippen LogP contribution in [0.3, 0.4) is 0 Å². The third kappa shape index (κ3) is 4.35. The van der Waals surface area contributed by atoms with Crippen LogP contribution in [-0.4, -0.2) is 24.5 Å². The number of fused-ring (bicyclic) bond motifs is 6. The summed E-state index contributed by atoms with van der Waals surface area (Å²) in [6, 6.07) is 41.8. The summed E-state index contributed by atoms with van der Waals surface area (Å²) in [7, 11) is 0. The van der Waals surface area contributed by atoms with Crippen molar-refractivity contribution in [2.24, 2.45) is 0 Å². The summed E-state index contributed by atoms with van der Waals surface area (Å²) < 4.78 is 2.27. The van der Waals surface area contributed by atoms with Crippen LogP contribution in [0.2, 0.25) is 0 Å². The monoisotopic (exact) mass is 620 g/mol. The van der Waals surface area contributed by atoms with Crippen LogP contribution < -0.4 is 0 Å². The van der Waals surface area contributed by atoms with Crippen molar-refractivity contribution in [2.45, 2.75) is 26.2 Å². The third-order valence-corrected chi connectivity index (χ3v) is 9.50. The molecule has 0 fully saturated rings. The van der Waals surface area contributed by atoms with Gasteiger partial charge in [-0.2, -0.15) is 0 Å². The zero-order valence-corrected chi connectivity index (χ0v) is 26.9. The van der Waals surface area contributed by atoms with Gasteiger partial charge in [-0.15, -0.1) is 0 Å². The van der Waals surface area contributed by atoms with Gasteiger partial charge in [-0.25, -0.2) is 9.97 Å². The Balaban J connectivity index is 1.23. The molecule has 4 heterocycles. The second-order valence-corrected chi connectivity index (χ2v) is 13.5. The first kappa shape index (κ1) is 28.2. The fourth-order valence-corrected chi connectivity index (χ4v) is 7.08. The molecular weight excluding hydrogens is 589 g/mol. The minimum absolute atomic E-state index is 0.117. The van der Waals surface area contributed by atoms with Gasteiger partial charge in [0.15, 0.2) is 5.82 Å². The van der Waals surface area contributed by atoms with E-state index in [1.54, 1.807) is 6.20 Å². The number of benzene rings is 5. The Kier molecular flexibility index (Phi) is 6.15. The number of hydrogen-bond donors (Lipinski definition) is 1. The van der Waals surface area contributed by atoms with Crippen molar-refractivity contribution in [1.82, 2.24) is 19.4 Å². The SMILES string of the molecule is CC(C)(C)c1cc(-c2cc(-c3ccccc3)ccn2)cc(-c2nccc(-c3cc4c5ccccc5n5c6ccccc6c(c3O)c45)n2)c1. The van der Waals surface area contributed by atoms with Crippen LogP contribution in [0.25, 0.3) is 83.1 Å². The Morgan fingerprint density at radius 1 is 0.562 bits per heavy atom. The molecule has 5 nitrogen and oxygen atoms in total. The molecule has 0 aliphatic heterocycles. The third-order valence-electron chi connectivity index (χ3n) is 9.50. The summed E-state index contributed by atoms with van der Waals surface area (Å²) in [5.41, 5.74) is 10.7. The van der Waals surface area contributed by atoms with Crippen LogP contribution in [0.4, 0.5) is 0 Å². The smallest absolute Gasteiger partial charge is 0.159 e. The molecule has 0 saturated heterocycles. The van der Waals surface area contributed by atoms with E-state index in [2.05, 4.69) is 116 Å². The lowest BCUT2D eigenvalue weighted by molar-refractivity contribution is 0.484. The van der Waals surface area contributed by atoms with Crippen LogP contribution in [-0.2, 0) is 5.41 Å². The zero-order chi connectivity index (χ0) is 32.6. The Labute approximate surface area is 278 Å². The number of para-hydroxylation sites is 2. The van der Waals surface area contributed by atoms with Gasteiger partial charge in [0.1, 0.15) is 5.75 Å². The van der Waals surface area contributed by atoms with Crippen molar-refractivity contribution in [3.63, 3.8) is 0 Å². The van der Waals surface area contributed by atoms with Crippen molar-refractivity contribution in [2.75, 3.05) is 0 Å². The lowest BCUT2D eigenvalue weighted by Gasteiger charge is -2.21. The number of rotatable bonds is 4. The quantitative estimate of drug-likeness (QED) is 0.213. The van der Waals surface area contributed by atoms with Crippen LogP contribution >= 0.6 is 0 Å². The van der Waals surface area contributed by atoms with E-state index >= 15 is 0 Å². The lowest BCUT2D eigenvalue weighted by atomic mass is 9.84. The standard InChI is InChI=1S/C43H32N4O/c1-43(2,3)30-22-28(36-24-27(17-19-44-36)26-11-5-4-6-12-26)21-29(23-30)42-45-20-18-35(46-42)34-25-33-31-13-7-9-15-37(31)47-38-16-10-8-14-32(38)39(40(33)47)41(34)48/h4-25,48H,1-3H3. The van der Waals surface area contributed by atoms with Gasteiger partial charge in [0.05, 0.1) is 33.3 Å². The van der Waals surface area contributed by atoms with Gasteiger partial charge in [-0.1, -0.05) is 87.5 Å². The van der Waals surface area contributed by atoms with Crippen LogP contribution in [0, 0.1) is 0 Å². The van der Waals surface area contributed by atoms with Crippen LogP contribution in [0.5, 0.6) is 5.75 Å². The zero-order valence-electron chi connectivity index (χ0n) is 26.9. The van der Waals surface area contributed by atoms with Gasteiger partial charge in [-0.05, 0) is 76.7 Å². The molecule has 0 saturated carbocycles. The van der Waals surface area contributed by atoms with Crippen molar-refractivity contribution in [3.05, 3.63) is 139 Å². The van der Waals surface area contributed by atoms with E-state index in [-0.39, 0.29) is 11.2 Å². The molecular formula is C43H32N4O. The molecule has 5 heteroatoms. The number of aromatic hydroxyl groups is 1. The molecule has 0 unspecified atom stereocenters. The molecule has 48 heavy (non-hydrogen) atoms. The lowest BCUT2D eigenvalue weighted by Crippen LogP contribution is -2.11. The second kappa shape index (κ2) is 10.5. The molecule has 0 atom stereocenters. The van der Waals surface area contributed by atoms with Gasteiger partial charge in [0.2, 0.25) is 0 Å². The highest BCUT2D eigenvalue weighted by molar-refractivity contribution is 6.26. The maximum absolute atomic E-state index is 12.0. The van der Waals surface area contributed by atoms with Gasteiger partial charge in [0, 0.05) is 45.2 Å². The summed E-state index contributed by atoms with van der Waals surface area (Å²) in [6.45, 7) is 6.64. The average Bonchev–Trinajstić information content (AvgIpc) is 3.64. The number of hydrogen-bond acceptors (Lipinski definition) is 4. The molecule has 0 radical (unpaired) electrons. The molecule has 0 bridgehead atoms. The number of pyridine rings is 1. The predicted octanol–water partition coefficient (Wildman–Crippen LogP) is 10.7. The minimum Gasteiger partial charge on any atom is -0.507 e. The second-order valence-electron chi connectivity index (χ2n) is 13.5. The average molecular weight is 621 g/mol. The van der Waals surface area contributed by atoms with Crippen LogP contribution in [0.15, 0.2) is 134 Å². The van der Waals surface area contributed by atoms with Crippen molar-refractivity contribution in [3.8, 4) is 50.8 Å². The molecule has 1 N–H and O–H groups in total. The first-order chi connectivity index (χ1) is 23.3. The molecule has 0 aliphatic rings. The normalized spacial score (nSPS) is 12.1. The fraction of sp³-hybridized carbons (Fsp3) is 0.0930. The molecule has 0 spiro atoms. The largest absolute Gasteiger partial charge is 0.507 e. The maximum atomic E-state index is 12.0. The maximum Gasteiger partial charge on any atom is 0.159 e. The highest BCUT2D eigenvalue weighted by Gasteiger charge is 2.24. The van der Waals surface area contributed by atoms with E-state index in [0.717, 1.165) is 71.6 Å². The number of phenolic OH excluding ortho intramolecular Hbond substituents is 1. The van der Waals surface area contributed by atoms with Gasteiger partial charge >= 0.3 is 0 Å². The molecule has 9 aromatic rings. The van der Waals surface area contributed by atoms with Crippen molar-refractivity contribution >= 4 is 38.1 Å². The van der Waals surface area contributed by atoms with E-state index in [1.807, 2.05) is 36.5 Å². The molecule has 5 aromatic carbocycles. The van der Waals surface area contributed by atoms with Crippen LogP contribution in [0.1, 0.15) is 26.3 Å². The summed E-state index contributed by atoms with van der Waals surface area (Å²) >= 11 is 0. The summed E-state index contributed by atoms with van der Waals surface area (Å²) in [5.74, 6) is 0.824. The Morgan fingerprint density at radius 3 is 2.04 bits per heavy atom.